The van der Waals surface area contributed by atoms with Gasteiger partial charge in [-0.3, -0.25) is 4.79 Å². The van der Waals surface area contributed by atoms with Gasteiger partial charge in [0.1, 0.15) is 17.8 Å². The van der Waals surface area contributed by atoms with Gasteiger partial charge in [0.05, 0.1) is 24.2 Å². The van der Waals surface area contributed by atoms with Crippen LogP contribution in [0, 0.1) is 16.7 Å². The molecule has 2 saturated carbocycles. The molecule has 40 heavy (non-hydrogen) atoms. The normalized spacial score (nSPS) is 38.9. The van der Waals surface area contributed by atoms with E-state index in [-0.39, 0.29) is 6.61 Å². The number of fused-ring (bicyclic) bond motifs is 5. The fraction of sp³-hybridized carbons (Fsp3) is 0.625. The monoisotopic (exact) mass is 554 g/mol. The van der Waals surface area contributed by atoms with E-state index in [2.05, 4.69) is 13.5 Å². The highest BCUT2D eigenvalue weighted by atomic mass is 16.6. The molecule has 2 unspecified atom stereocenters. The average Bonchev–Trinajstić information content (AvgIpc) is 2.90. The fourth-order valence-electron chi connectivity index (χ4n) is 8.18. The van der Waals surface area contributed by atoms with Gasteiger partial charge in [0.25, 0.3) is 0 Å². The van der Waals surface area contributed by atoms with Crippen LogP contribution in [0.5, 0.6) is 0 Å². The molecule has 1 saturated heterocycles. The maximum atomic E-state index is 13.7. The van der Waals surface area contributed by atoms with Crippen LogP contribution in [-0.2, 0) is 23.7 Å². The quantitative estimate of drug-likeness (QED) is 0.301. The van der Waals surface area contributed by atoms with Crippen LogP contribution in [0.1, 0.15) is 77.1 Å². The van der Waals surface area contributed by atoms with Crippen molar-refractivity contribution in [3.05, 3.63) is 59.7 Å². The third kappa shape index (κ3) is 4.26. The number of carbonyl (C=O) groups is 2. The van der Waals surface area contributed by atoms with E-state index in [1.54, 1.807) is 24.3 Å². The van der Waals surface area contributed by atoms with Crippen molar-refractivity contribution >= 4 is 11.9 Å². The van der Waals surface area contributed by atoms with Crippen molar-refractivity contribution in [2.45, 2.75) is 103 Å². The Morgan fingerprint density at radius 1 is 1.15 bits per heavy atom. The highest BCUT2D eigenvalue weighted by molar-refractivity contribution is 5.89. The lowest BCUT2D eigenvalue weighted by Crippen LogP contribution is -2.79. The van der Waals surface area contributed by atoms with Crippen LogP contribution in [0.15, 0.2) is 54.1 Å². The van der Waals surface area contributed by atoms with Crippen molar-refractivity contribution in [1.82, 2.24) is 0 Å². The maximum Gasteiger partial charge on any atom is 0.338 e. The van der Waals surface area contributed by atoms with E-state index in [4.69, 9.17) is 18.9 Å². The Balaban J connectivity index is 1.73. The Labute approximate surface area is 236 Å². The van der Waals surface area contributed by atoms with Gasteiger partial charge in [0.2, 0.25) is 0 Å². The van der Waals surface area contributed by atoms with Gasteiger partial charge in [0.15, 0.2) is 11.9 Å². The molecule has 3 fully saturated rings. The molecule has 0 radical (unpaired) electrons. The van der Waals surface area contributed by atoms with Crippen LogP contribution >= 0.6 is 0 Å². The fourth-order valence-corrected chi connectivity index (χ4v) is 8.18. The van der Waals surface area contributed by atoms with Crippen LogP contribution < -0.4 is 0 Å². The minimum atomic E-state index is -1.48. The topological polar surface area (TPSA) is 112 Å². The van der Waals surface area contributed by atoms with E-state index in [1.807, 2.05) is 26.8 Å². The van der Waals surface area contributed by atoms with Gasteiger partial charge in [-0.1, -0.05) is 56.7 Å². The SMILES string of the molecule is C=CC(O)O[C@H]1C[C@H]2OC[C@@]2(OC(C)=O)C2[C@H](OC(=O)c3ccccc3)[C@]3(O)CCC(C)=C(CC[C@@]21C)C3(C)C. The lowest BCUT2D eigenvalue weighted by Gasteiger charge is -2.68. The summed E-state index contributed by atoms with van der Waals surface area (Å²) in [6.45, 7) is 13.3. The van der Waals surface area contributed by atoms with E-state index in [1.165, 1.54) is 18.6 Å². The van der Waals surface area contributed by atoms with E-state index in [0.717, 1.165) is 5.57 Å². The predicted molar refractivity (Wildman–Crippen MR) is 147 cm³/mol. The largest absolute Gasteiger partial charge is 0.455 e. The molecule has 0 amide bonds. The van der Waals surface area contributed by atoms with Gasteiger partial charge in [-0.15, -0.1) is 0 Å². The number of aliphatic hydroxyl groups excluding tert-OH is 1. The van der Waals surface area contributed by atoms with E-state index < -0.39 is 64.5 Å². The third-order valence-corrected chi connectivity index (χ3v) is 10.5. The zero-order chi connectivity index (χ0) is 29.1. The summed E-state index contributed by atoms with van der Waals surface area (Å²) in [5.74, 6) is -1.72. The molecule has 1 aromatic carbocycles. The molecule has 1 aromatic rings. The first-order chi connectivity index (χ1) is 18.8. The van der Waals surface area contributed by atoms with Crippen LogP contribution in [-0.4, -0.2) is 64.6 Å². The lowest BCUT2D eigenvalue weighted by molar-refractivity contribution is -0.359. The summed E-state index contributed by atoms with van der Waals surface area (Å²) >= 11 is 0. The van der Waals surface area contributed by atoms with Crippen molar-refractivity contribution in [3.8, 4) is 0 Å². The van der Waals surface area contributed by atoms with Crippen LogP contribution in [0.25, 0.3) is 0 Å². The zero-order valence-electron chi connectivity index (χ0n) is 24.1. The molecule has 5 rings (SSSR count). The summed E-state index contributed by atoms with van der Waals surface area (Å²) in [4.78, 5) is 26.3. The number of allylic oxidation sites excluding steroid dienone is 1. The van der Waals surface area contributed by atoms with E-state index in [9.17, 15) is 19.8 Å². The Hall–Kier alpha value is -2.52. The standard InChI is InChI=1S/C32H42O8/c1-7-25(34)38-23-17-24-31(18-37-24,40-20(3)33)26-27(39-28(35)21-11-9-8-10-12-21)32(36)16-13-19(2)22(29(32,4)5)14-15-30(23,26)6/h7-12,23-27,34,36H,1,13-18H2,2-6H3/t23-,24+,25?,26?,27-,30+,31-,32+/m0/s1. The van der Waals surface area contributed by atoms with Gasteiger partial charge < -0.3 is 29.2 Å². The summed E-state index contributed by atoms with van der Waals surface area (Å²) in [6.07, 6.45) is 0.606. The van der Waals surface area contributed by atoms with Crippen molar-refractivity contribution < 1.29 is 38.7 Å². The van der Waals surface area contributed by atoms with Gasteiger partial charge in [-0.25, -0.2) is 4.79 Å². The summed E-state index contributed by atoms with van der Waals surface area (Å²) in [7, 11) is 0. The first kappa shape index (κ1) is 29.0. The van der Waals surface area contributed by atoms with Crippen molar-refractivity contribution in [3.63, 3.8) is 0 Å². The van der Waals surface area contributed by atoms with Gasteiger partial charge >= 0.3 is 11.9 Å². The van der Waals surface area contributed by atoms with Gasteiger partial charge in [-0.05, 0) is 50.8 Å². The van der Waals surface area contributed by atoms with E-state index >= 15 is 0 Å². The number of aliphatic hydroxyl groups is 2. The zero-order valence-corrected chi connectivity index (χ0v) is 24.1. The second kappa shape index (κ2) is 10.1. The summed E-state index contributed by atoms with van der Waals surface area (Å²) in [5.41, 5.74) is -1.41. The molecule has 8 heteroatoms. The molecule has 8 atom stereocenters. The molecule has 8 nitrogen and oxygen atoms in total. The molecule has 2 bridgehead atoms. The van der Waals surface area contributed by atoms with Crippen molar-refractivity contribution in [1.29, 1.82) is 0 Å². The number of benzene rings is 1. The Morgan fingerprint density at radius 2 is 1.85 bits per heavy atom. The molecule has 1 aliphatic heterocycles. The van der Waals surface area contributed by atoms with Crippen LogP contribution in [0.3, 0.4) is 0 Å². The predicted octanol–water partition coefficient (Wildman–Crippen LogP) is 4.49. The lowest BCUT2D eigenvalue weighted by atomic mass is 9.45. The first-order valence-electron chi connectivity index (χ1n) is 14.2. The third-order valence-electron chi connectivity index (χ3n) is 10.5. The highest BCUT2D eigenvalue weighted by Crippen LogP contribution is 2.65. The van der Waals surface area contributed by atoms with Crippen molar-refractivity contribution in [2.75, 3.05) is 6.61 Å². The summed E-state index contributed by atoms with van der Waals surface area (Å²) in [6, 6.07) is 8.71. The Morgan fingerprint density at radius 3 is 2.45 bits per heavy atom. The molecule has 0 aromatic heterocycles. The minimum Gasteiger partial charge on any atom is -0.455 e. The van der Waals surface area contributed by atoms with Crippen molar-refractivity contribution in [2.24, 2.45) is 16.7 Å². The number of rotatable bonds is 6. The number of hydrogen-bond acceptors (Lipinski definition) is 8. The number of ether oxygens (including phenoxy) is 4. The molecular weight excluding hydrogens is 512 g/mol. The molecular formula is C32H42O8. The van der Waals surface area contributed by atoms with Crippen LogP contribution in [0.4, 0.5) is 0 Å². The molecule has 3 aliphatic carbocycles. The smallest absolute Gasteiger partial charge is 0.338 e. The molecule has 2 N–H and O–H groups in total. The highest BCUT2D eigenvalue weighted by Gasteiger charge is 2.74. The molecule has 0 spiro atoms. The van der Waals surface area contributed by atoms with Gasteiger partial charge in [-0.2, -0.15) is 0 Å². The Bertz CT molecular complexity index is 1210. The number of hydrogen-bond donors (Lipinski definition) is 2. The maximum absolute atomic E-state index is 13.7. The molecule has 4 aliphatic rings. The Kier molecular flexibility index (Phi) is 7.31. The summed E-state index contributed by atoms with van der Waals surface area (Å²) < 4.78 is 24.8. The number of esters is 2. The molecule has 218 valence electrons. The van der Waals surface area contributed by atoms with Crippen LogP contribution in [0.2, 0.25) is 0 Å². The second-order valence-corrected chi connectivity index (χ2v) is 12.8. The molecule has 1 heterocycles. The number of carbonyl (C=O) groups excluding carboxylic acids is 2. The second-order valence-electron chi connectivity index (χ2n) is 12.8. The summed E-state index contributed by atoms with van der Waals surface area (Å²) in [5, 5.41) is 23.4. The average molecular weight is 555 g/mol. The van der Waals surface area contributed by atoms with Gasteiger partial charge in [0, 0.05) is 24.2 Å². The van der Waals surface area contributed by atoms with E-state index in [0.29, 0.717) is 37.7 Å². The minimum absolute atomic E-state index is 0.117. The first-order valence-corrected chi connectivity index (χ1v) is 14.2.